The molecule has 0 aromatic heterocycles. The third-order valence-corrected chi connectivity index (χ3v) is 6.87. The zero-order valence-electron chi connectivity index (χ0n) is 21.8. The second-order valence-electron chi connectivity index (χ2n) is 9.69. The molecule has 1 N–H and O–H groups in total. The molecule has 0 bridgehead atoms. The van der Waals surface area contributed by atoms with Crippen molar-refractivity contribution in [1.82, 2.24) is 5.32 Å². The van der Waals surface area contributed by atoms with Gasteiger partial charge in [0.15, 0.2) is 0 Å². The van der Waals surface area contributed by atoms with Crippen LogP contribution in [0.2, 0.25) is 0 Å². The highest BCUT2D eigenvalue weighted by atomic mass is 16.5. The van der Waals surface area contributed by atoms with E-state index in [-0.39, 0.29) is 18.3 Å². The van der Waals surface area contributed by atoms with Gasteiger partial charge in [-0.2, -0.15) is 0 Å². The number of esters is 1. The second-order valence-corrected chi connectivity index (χ2v) is 9.69. The molecular formula is C31H35NO5. The molecule has 1 heterocycles. The highest BCUT2D eigenvalue weighted by Gasteiger charge is 2.37. The van der Waals surface area contributed by atoms with Gasteiger partial charge in [0.05, 0.1) is 12.6 Å². The predicted molar refractivity (Wildman–Crippen MR) is 143 cm³/mol. The van der Waals surface area contributed by atoms with Crippen molar-refractivity contribution in [3.05, 3.63) is 100 Å². The Morgan fingerprint density at radius 2 is 1.65 bits per heavy atom. The molecule has 0 atom stereocenters. The zero-order valence-corrected chi connectivity index (χ0v) is 21.8. The number of para-hydroxylation sites is 1. The standard InChI is InChI=1S/C31H35NO5/c1-22-17-23(2)19-26(18-22)31(13-15-36-16-14-31)32-30(34)28-20-24(21-37-27-7-5-4-6-8-27)9-10-25(28)11-12-29(33)35-3/h4-10,17-20H,11-16,21H2,1-3H3,(H,32,34). The van der Waals surface area contributed by atoms with Crippen LogP contribution in [-0.4, -0.2) is 32.2 Å². The van der Waals surface area contributed by atoms with E-state index in [0.29, 0.717) is 44.6 Å². The lowest BCUT2D eigenvalue weighted by Crippen LogP contribution is -2.49. The summed E-state index contributed by atoms with van der Waals surface area (Å²) in [5.41, 5.74) is 5.12. The van der Waals surface area contributed by atoms with Crippen LogP contribution in [0.5, 0.6) is 5.75 Å². The van der Waals surface area contributed by atoms with Crippen molar-refractivity contribution in [3.63, 3.8) is 0 Å². The van der Waals surface area contributed by atoms with Gasteiger partial charge in [0.1, 0.15) is 12.4 Å². The first kappa shape index (κ1) is 26.4. The Bertz CT molecular complexity index is 1210. The third-order valence-electron chi connectivity index (χ3n) is 6.87. The van der Waals surface area contributed by atoms with Gasteiger partial charge in [-0.25, -0.2) is 0 Å². The van der Waals surface area contributed by atoms with Gasteiger partial charge in [-0.3, -0.25) is 9.59 Å². The maximum absolute atomic E-state index is 13.9. The molecule has 1 aliphatic heterocycles. The van der Waals surface area contributed by atoms with Gasteiger partial charge in [0, 0.05) is 25.2 Å². The highest BCUT2D eigenvalue weighted by molar-refractivity contribution is 5.96. The molecule has 1 aliphatic rings. The number of hydrogen-bond acceptors (Lipinski definition) is 5. The van der Waals surface area contributed by atoms with Crippen molar-refractivity contribution >= 4 is 11.9 Å². The minimum atomic E-state index is -0.526. The summed E-state index contributed by atoms with van der Waals surface area (Å²) >= 11 is 0. The van der Waals surface area contributed by atoms with Crippen molar-refractivity contribution in [2.24, 2.45) is 0 Å². The summed E-state index contributed by atoms with van der Waals surface area (Å²) in [4.78, 5) is 25.8. The van der Waals surface area contributed by atoms with Gasteiger partial charge in [0.25, 0.3) is 5.91 Å². The number of benzene rings is 3. The summed E-state index contributed by atoms with van der Waals surface area (Å²) < 4.78 is 16.4. The van der Waals surface area contributed by atoms with E-state index in [4.69, 9.17) is 14.2 Å². The number of hydrogen-bond donors (Lipinski definition) is 1. The van der Waals surface area contributed by atoms with Gasteiger partial charge in [-0.1, -0.05) is 59.7 Å². The third kappa shape index (κ3) is 6.77. The van der Waals surface area contributed by atoms with Gasteiger partial charge < -0.3 is 19.5 Å². The maximum atomic E-state index is 13.9. The fourth-order valence-corrected chi connectivity index (χ4v) is 4.91. The van der Waals surface area contributed by atoms with E-state index in [0.717, 1.165) is 33.6 Å². The molecule has 194 valence electrons. The molecule has 4 rings (SSSR count). The first-order valence-corrected chi connectivity index (χ1v) is 12.7. The molecule has 1 fully saturated rings. The molecule has 3 aromatic rings. The quantitative estimate of drug-likeness (QED) is 0.396. The Hall–Kier alpha value is -3.64. The second kappa shape index (κ2) is 12.1. The lowest BCUT2D eigenvalue weighted by atomic mass is 9.81. The Morgan fingerprint density at radius 3 is 2.32 bits per heavy atom. The summed E-state index contributed by atoms with van der Waals surface area (Å²) in [6.45, 7) is 5.64. The van der Waals surface area contributed by atoms with Crippen molar-refractivity contribution in [2.75, 3.05) is 20.3 Å². The molecule has 0 aliphatic carbocycles. The van der Waals surface area contributed by atoms with Crippen molar-refractivity contribution in [3.8, 4) is 5.75 Å². The van der Waals surface area contributed by atoms with E-state index in [1.54, 1.807) is 0 Å². The van der Waals surface area contributed by atoms with Gasteiger partial charge in [0.2, 0.25) is 0 Å². The smallest absolute Gasteiger partial charge is 0.305 e. The Kier molecular flexibility index (Phi) is 8.62. The van der Waals surface area contributed by atoms with Crippen LogP contribution in [0.25, 0.3) is 0 Å². The number of methoxy groups -OCH3 is 1. The van der Waals surface area contributed by atoms with Crippen LogP contribution in [0.15, 0.2) is 66.7 Å². The van der Waals surface area contributed by atoms with Crippen LogP contribution in [0.1, 0.15) is 57.4 Å². The van der Waals surface area contributed by atoms with Crippen LogP contribution >= 0.6 is 0 Å². The van der Waals surface area contributed by atoms with E-state index < -0.39 is 5.54 Å². The molecule has 6 nitrogen and oxygen atoms in total. The van der Waals surface area contributed by atoms with E-state index in [2.05, 4.69) is 37.4 Å². The van der Waals surface area contributed by atoms with Crippen LogP contribution < -0.4 is 10.1 Å². The summed E-state index contributed by atoms with van der Waals surface area (Å²) in [6, 6.07) is 21.8. The molecule has 37 heavy (non-hydrogen) atoms. The van der Waals surface area contributed by atoms with Crippen LogP contribution in [0.3, 0.4) is 0 Å². The number of ether oxygens (including phenoxy) is 3. The van der Waals surface area contributed by atoms with Gasteiger partial charge in [-0.15, -0.1) is 0 Å². The molecule has 3 aromatic carbocycles. The number of rotatable bonds is 9. The highest BCUT2D eigenvalue weighted by Crippen LogP contribution is 2.34. The molecule has 6 heteroatoms. The van der Waals surface area contributed by atoms with E-state index in [1.165, 1.54) is 7.11 Å². The lowest BCUT2D eigenvalue weighted by molar-refractivity contribution is -0.140. The Balaban J connectivity index is 1.64. The van der Waals surface area contributed by atoms with E-state index in [9.17, 15) is 9.59 Å². The topological polar surface area (TPSA) is 73.9 Å². The molecule has 0 radical (unpaired) electrons. The average molecular weight is 502 g/mol. The molecule has 0 saturated carbocycles. The van der Waals surface area contributed by atoms with Crippen molar-refractivity contribution < 1.29 is 23.8 Å². The number of carbonyl (C=O) groups is 2. The fourth-order valence-electron chi connectivity index (χ4n) is 4.91. The first-order valence-electron chi connectivity index (χ1n) is 12.7. The van der Waals surface area contributed by atoms with Crippen LogP contribution in [0, 0.1) is 13.8 Å². The van der Waals surface area contributed by atoms with Crippen LogP contribution in [0.4, 0.5) is 0 Å². The minimum absolute atomic E-state index is 0.164. The molecule has 0 spiro atoms. The molecule has 1 amide bonds. The molecule has 1 saturated heterocycles. The predicted octanol–water partition coefficient (Wildman–Crippen LogP) is 5.42. The van der Waals surface area contributed by atoms with E-state index in [1.807, 2.05) is 48.5 Å². The normalized spacial score (nSPS) is 14.6. The minimum Gasteiger partial charge on any atom is -0.489 e. The Labute approximate surface area is 218 Å². The Morgan fingerprint density at radius 1 is 0.946 bits per heavy atom. The number of nitrogens with one attached hydrogen (secondary N) is 1. The largest absolute Gasteiger partial charge is 0.489 e. The first-order chi connectivity index (χ1) is 17.9. The van der Waals surface area contributed by atoms with Gasteiger partial charge in [-0.05, 0) is 68.0 Å². The van der Waals surface area contributed by atoms with Crippen LogP contribution in [-0.2, 0) is 32.8 Å². The summed E-state index contributed by atoms with van der Waals surface area (Å²) in [7, 11) is 1.37. The number of amides is 1. The zero-order chi connectivity index (χ0) is 26.3. The van der Waals surface area contributed by atoms with E-state index >= 15 is 0 Å². The molecular weight excluding hydrogens is 466 g/mol. The SMILES string of the molecule is COC(=O)CCc1ccc(COc2ccccc2)cc1C(=O)NC1(c2cc(C)cc(C)c2)CCOCC1. The number of carbonyl (C=O) groups excluding carboxylic acids is 2. The van der Waals surface area contributed by atoms with Crippen molar-refractivity contribution in [2.45, 2.75) is 51.7 Å². The van der Waals surface area contributed by atoms with Crippen molar-refractivity contribution in [1.29, 1.82) is 0 Å². The average Bonchev–Trinajstić information content (AvgIpc) is 2.91. The summed E-state index contributed by atoms with van der Waals surface area (Å²) in [6.07, 6.45) is 1.99. The lowest BCUT2D eigenvalue weighted by Gasteiger charge is -2.39. The maximum Gasteiger partial charge on any atom is 0.305 e. The monoisotopic (exact) mass is 501 g/mol. The summed E-state index contributed by atoms with van der Waals surface area (Å²) in [5.74, 6) is 0.292. The molecule has 0 unspecified atom stereocenters. The summed E-state index contributed by atoms with van der Waals surface area (Å²) in [5, 5.41) is 3.39. The fraction of sp³-hybridized carbons (Fsp3) is 0.355. The number of aryl methyl sites for hydroxylation is 3. The van der Waals surface area contributed by atoms with Gasteiger partial charge >= 0.3 is 5.97 Å².